The monoisotopic (exact) mass is 416 g/mol. The lowest BCUT2D eigenvalue weighted by Gasteiger charge is -2.08. The van der Waals surface area contributed by atoms with E-state index in [-0.39, 0.29) is 5.91 Å². The van der Waals surface area contributed by atoms with Gasteiger partial charge in [-0.2, -0.15) is 0 Å². The normalized spacial score (nSPS) is 14.2. The standard InChI is InChI=1S/C20H11Cl3N2O2/c21-11-1-7-17-15(9-11)19(20(26)25-17)24-13-3-5-14(6-4-13)27-18-8-2-12(22)10-16(18)23/h1-10H,(H,24,25,26). The molecule has 3 aromatic rings. The van der Waals surface area contributed by atoms with Crippen LogP contribution in [0.3, 0.4) is 0 Å². The molecule has 1 aliphatic rings. The van der Waals surface area contributed by atoms with Crippen LogP contribution in [-0.4, -0.2) is 11.6 Å². The number of fused-ring (bicyclic) bond motifs is 1. The van der Waals surface area contributed by atoms with E-state index in [2.05, 4.69) is 10.3 Å². The smallest absolute Gasteiger partial charge is 0.275 e. The molecule has 1 amide bonds. The van der Waals surface area contributed by atoms with Crippen molar-refractivity contribution >= 4 is 57.8 Å². The number of amides is 1. The Labute approximate surface area is 170 Å². The molecule has 0 aliphatic carbocycles. The van der Waals surface area contributed by atoms with E-state index in [1.807, 2.05) is 0 Å². The number of hydrogen-bond acceptors (Lipinski definition) is 3. The van der Waals surface area contributed by atoms with E-state index in [1.54, 1.807) is 60.7 Å². The molecule has 134 valence electrons. The van der Waals surface area contributed by atoms with Gasteiger partial charge in [-0.1, -0.05) is 34.8 Å². The van der Waals surface area contributed by atoms with Gasteiger partial charge >= 0.3 is 0 Å². The SMILES string of the molecule is O=C1Nc2ccc(Cl)cc2C1=Nc1ccc(Oc2ccc(Cl)cc2Cl)cc1. The van der Waals surface area contributed by atoms with E-state index in [1.165, 1.54) is 0 Å². The van der Waals surface area contributed by atoms with Gasteiger partial charge in [-0.3, -0.25) is 4.79 Å². The molecule has 0 saturated heterocycles. The molecule has 0 unspecified atom stereocenters. The summed E-state index contributed by atoms with van der Waals surface area (Å²) in [7, 11) is 0. The first-order valence-electron chi connectivity index (χ1n) is 7.92. The third-order valence-corrected chi connectivity index (χ3v) is 4.66. The summed E-state index contributed by atoms with van der Waals surface area (Å²) >= 11 is 18.0. The number of halogens is 3. The highest BCUT2D eigenvalue weighted by molar-refractivity contribution is 6.54. The summed E-state index contributed by atoms with van der Waals surface area (Å²) in [5, 5.41) is 4.27. The molecule has 0 atom stereocenters. The second-order valence-corrected chi connectivity index (χ2v) is 7.06. The highest BCUT2D eigenvalue weighted by Gasteiger charge is 2.26. The first-order chi connectivity index (χ1) is 13.0. The summed E-state index contributed by atoms with van der Waals surface area (Å²) in [6.07, 6.45) is 0. The van der Waals surface area contributed by atoms with Gasteiger partial charge in [0.15, 0.2) is 0 Å². The second-order valence-electron chi connectivity index (χ2n) is 5.78. The van der Waals surface area contributed by atoms with Crippen LogP contribution >= 0.6 is 34.8 Å². The Kier molecular flexibility index (Phi) is 4.79. The van der Waals surface area contributed by atoms with Gasteiger partial charge in [-0.15, -0.1) is 0 Å². The third kappa shape index (κ3) is 3.78. The van der Waals surface area contributed by atoms with E-state index in [0.717, 1.165) is 0 Å². The summed E-state index contributed by atoms with van der Waals surface area (Å²) in [6.45, 7) is 0. The lowest BCUT2D eigenvalue weighted by atomic mass is 10.1. The van der Waals surface area contributed by atoms with Crippen LogP contribution in [0.1, 0.15) is 5.56 Å². The first-order valence-corrected chi connectivity index (χ1v) is 9.06. The van der Waals surface area contributed by atoms with E-state index in [4.69, 9.17) is 39.5 Å². The van der Waals surface area contributed by atoms with Crippen LogP contribution < -0.4 is 10.1 Å². The molecule has 0 radical (unpaired) electrons. The van der Waals surface area contributed by atoms with Crippen molar-refractivity contribution < 1.29 is 9.53 Å². The highest BCUT2D eigenvalue weighted by atomic mass is 35.5. The first kappa shape index (κ1) is 17.9. The van der Waals surface area contributed by atoms with E-state index in [0.29, 0.717) is 49.2 Å². The Hall–Kier alpha value is -2.53. The van der Waals surface area contributed by atoms with Crippen molar-refractivity contribution in [1.29, 1.82) is 0 Å². The Bertz CT molecular complexity index is 1080. The maximum atomic E-state index is 12.2. The van der Waals surface area contributed by atoms with Crippen molar-refractivity contribution in [2.75, 3.05) is 5.32 Å². The van der Waals surface area contributed by atoms with Gasteiger partial charge in [0, 0.05) is 15.6 Å². The van der Waals surface area contributed by atoms with Crippen molar-refractivity contribution in [1.82, 2.24) is 0 Å². The summed E-state index contributed by atoms with van der Waals surface area (Å²) in [6, 6.07) is 17.2. The second kappa shape index (κ2) is 7.24. The number of anilines is 1. The van der Waals surface area contributed by atoms with Gasteiger partial charge in [0.05, 0.1) is 16.4 Å². The van der Waals surface area contributed by atoms with Gasteiger partial charge in [0.2, 0.25) is 0 Å². The molecule has 0 saturated carbocycles. The molecule has 0 aromatic heterocycles. The largest absolute Gasteiger partial charge is 0.456 e. The molecule has 3 aromatic carbocycles. The van der Waals surface area contributed by atoms with Crippen molar-refractivity contribution in [2.45, 2.75) is 0 Å². The molecule has 1 aliphatic heterocycles. The van der Waals surface area contributed by atoms with E-state index >= 15 is 0 Å². The zero-order valence-corrected chi connectivity index (χ0v) is 15.9. The zero-order chi connectivity index (χ0) is 19.0. The zero-order valence-electron chi connectivity index (χ0n) is 13.7. The van der Waals surface area contributed by atoms with E-state index < -0.39 is 0 Å². The minimum atomic E-state index is -0.263. The predicted molar refractivity (Wildman–Crippen MR) is 109 cm³/mol. The number of rotatable bonds is 3. The quantitative estimate of drug-likeness (QED) is 0.528. The summed E-state index contributed by atoms with van der Waals surface area (Å²) in [5.74, 6) is 0.821. The van der Waals surface area contributed by atoms with Gasteiger partial charge < -0.3 is 10.1 Å². The lowest BCUT2D eigenvalue weighted by Crippen LogP contribution is -2.13. The molecular formula is C20H11Cl3N2O2. The average Bonchev–Trinajstić information content (AvgIpc) is 2.94. The molecule has 7 heteroatoms. The van der Waals surface area contributed by atoms with Crippen LogP contribution in [0.15, 0.2) is 65.7 Å². The van der Waals surface area contributed by atoms with Crippen molar-refractivity contribution in [3.8, 4) is 11.5 Å². The molecule has 27 heavy (non-hydrogen) atoms. The Morgan fingerprint density at radius 1 is 0.852 bits per heavy atom. The van der Waals surface area contributed by atoms with Crippen LogP contribution in [0, 0.1) is 0 Å². The molecule has 4 rings (SSSR count). The van der Waals surface area contributed by atoms with Crippen molar-refractivity contribution in [2.24, 2.45) is 4.99 Å². The maximum absolute atomic E-state index is 12.2. The predicted octanol–water partition coefficient (Wildman–Crippen LogP) is 6.51. The number of nitrogens with zero attached hydrogens (tertiary/aromatic N) is 1. The van der Waals surface area contributed by atoms with Crippen molar-refractivity contribution in [3.63, 3.8) is 0 Å². The number of aliphatic imine (C=N–C) groups is 1. The fourth-order valence-electron chi connectivity index (χ4n) is 2.64. The maximum Gasteiger partial charge on any atom is 0.275 e. The number of nitrogens with one attached hydrogen (secondary N) is 1. The number of hydrogen-bond donors (Lipinski definition) is 1. The van der Waals surface area contributed by atoms with Gasteiger partial charge in [0.1, 0.15) is 17.2 Å². The minimum absolute atomic E-state index is 0.263. The molecule has 0 spiro atoms. The average molecular weight is 418 g/mol. The van der Waals surface area contributed by atoms with Crippen LogP contribution in [0.5, 0.6) is 11.5 Å². The fraction of sp³-hybridized carbons (Fsp3) is 0. The molecular weight excluding hydrogens is 407 g/mol. The van der Waals surface area contributed by atoms with Crippen LogP contribution in [-0.2, 0) is 4.79 Å². The minimum Gasteiger partial charge on any atom is -0.456 e. The topological polar surface area (TPSA) is 50.7 Å². The Morgan fingerprint density at radius 2 is 1.56 bits per heavy atom. The van der Waals surface area contributed by atoms with Crippen molar-refractivity contribution in [3.05, 3.63) is 81.3 Å². The molecule has 0 bridgehead atoms. The number of carbonyl (C=O) groups is 1. The van der Waals surface area contributed by atoms with Gasteiger partial charge in [0.25, 0.3) is 5.91 Å². The Balaban J connectivity index is 1.59. The summed E-state index contributed by atoms with van der Waals surface area (Å²) < 4.78 is 5.75. The van der Waals surface area contributed by atoms with Gasteiger partial charge in [-0.05, 0) is 60.7 Å². The molecule has 1 heterocycles. The summed E-state index contributed by atoms with van der Waals surface area (Å²) in [5.41, 5.74) is 2.31. The van der Waals surface area contributed by atoms with Crippen LogP contribution in [0.4, 0.5) is 11.4 Å². The van der Waals surface area contributed by atoms with Gasteiger partial charge in [-0.25, -0.2) is 4.99 Å². The summed E-state index contributed by atoms with van der Waals surface area (Å²) in [4.78, 5) is 16.6. The molecule has 0 fully saturated rings. The lowest BCUT2D eigenvalue weighted by molar-refractivity contribution is -0.110. The molecule has 4 nitrogen and oxygen atoms in total. The number of ether oxygens (including phenoxy) is 1. The highest BCUT2D eigenvalue weighted by Crippen LogP contribution is 2.33. The fourth-order valence-corrected chi connectivity index (χ4v) is 3.26. The number of carbonyl (C=O) groups excluding carboxylic acids is 1. The third-order valence-electron chi connectivity index (χ3n) is 3.90. The van der Waals surface area contributed by atoms with Crippen LogP contribution in [0.2, 0.25) is 15.1 Å². The van der Waals surface area contributed by atoms with Crippen LogP contribution in [0.25, 0.3) is 0 Å². The molecule has 1 N–H and O–H groups in total. The van der Waals surface area contributed by atoms with E-state index in [9.17, 15) is 4.79 Å². The number of benzene rings is 3. The Morgan fingerprint density at radius 3 is 2.30 bits per heavy atom.